The van der Waals surface area contributed by atoms with E-state index in [0.717, 1.165) is 34.2 Å². The van der Waals surface area contributed by atoms with Crippen LogP contribution < -0.4 is 5.32 Å². The Morgan fingerprint density at radius 2 is 2.17 bits per heavy atom. The fourth-order valence-corrected chi connectivity index (χ4v) is 3.66. The first-order valence-electron chi connectivity index (χ1n) is 7.35. The van der Waals surface area contributed by atoms with Gasteiger partial charge in [0.1, 0.15) is 0 Å². The van der Waals surface area contributed by atoms with E-state index in [4.69, 9.17) is 4.52 Å². The highest BCUT2D eigenvalue weighted by atomic mass is 35.5. The monoisotopic (exact) mass is 382 g/mol. The van der Waals surface area contributed by atoms with Crippen molar-refractivity contribution in [3.05, 3.63) is 46.7 Å². The molecule has 0 aliphatic heterocycles. The van der Waals surface area contributed by atoms with Crippen molar-refractivity contribution in [2.45, 2.75) is 30.0 Å². The summed E-state index contributed by atoms with van der Waals surface area (Å²) in [6.45, 7) is 2.09. The number of likely N-dealkylation sites (N-methyl/N-ethyl adjacent to an activating group) is 1. The molecule has 1 aromatic carbocycles. The first-order chi connectivity index (χ1) is 11.3. The number of thiazole rings is 1. The van der Waals surface area contributed by atoms with Crippen molar-refractivity contribution >= 4 is 35.5 Å². The number of nitrogens with one attached hydrogen (secondary N) is 1. The van der Waals surface area contributed by atoms with E-state index in [-0.39, 0.29) is 12.4 Å². The number of hydrogen-bond acceptors (Lipinski definition) is 7. The highest BCUT2D eigenvalue weighted by Crippen LogP contribution is 2.32. The van der Waals surface area contributed by atoms with E-state index in [1.807, 2.05) is 30.8 Å². The molecule has 0 amide bonds. The van der Waals surface area contributed by atoms with Gasteiger partial charge < -0.3 is 9.84 Å². The molecule has 0 radical (unpaired) electrons. The number of thioether (sulfide) groups is 1. The summed E-state index contributed by atoms with van der Waals surface area (Å²) in [4.78, 5) is 9.97. The lowest BCUT2D eigenvalue weighted by Gasteiger charge is -2.05. The second-order valence-corrected chi connectivity index (χ2v) is 6.91. The van der Waals surface area contributed by atoms with Crippen molar-refractivity contribution < 1.29 is 4.52 Å². The third-order valence-electron chi connectivity index (χ3n) is 3.43. The van der Waals surface area contributed by atoms with Gasteiger partial charge in [-0.3, -0.25) is 0 Å². The van der Waals surface area contributed by atoms with Crippen LogP contribution in [0, 0.1) is 0 Å². The fraction of sp³-hybridized carbons (Fsp3) is 0.312. The Balaban J connectivity index is 0.00000208. The molecule has 3 rings (SSSR count). The van der Waals surface area contributed by atoms with E-state index in [1.54, 1.807) is 23.1 Å². The van der Waals surface area contributed by atoms with Crippen LogP contribution in [0.1, 0.15) is 18.4 Å². The standard InChI is InChI=1S/C16H18N4OS2.ClH/c1-11(17-2)7-15-19-16(21-20-15)13-5-3-4-6-14(13)23-9-12-8-22-10-18-12;/h3-6,8,10-11,17H,7,9H2,1-2H3;1H. The van der Waals surface area contributed by atoms with Crippen LogP contribution in [0.4, 0.5) is 0 Å². The minimum absolute atomic E-state index is 0. The Labute approximate surface area is 155 Å². The Kier molecular flexibility index (Phi) is 7.23. The molecule has 3 aromatic rings. The van der Waals surface area contributed by atoms with Gasteiger partial charge in [-0.15, -0.1) is 35.5 Å². The normalized spacial score (nSPS) is 11.9. The van der Waals surface area contributed by atoms with Crippen molar-refractivity contribution in [1.82, 2.24) is 20.4 Å². The molecule has 128 valence electrons. The quantitative estimate of drug-likeness (QED) is 0.622. The van der Waals surface area contributed by atoms with Gasteiger partial charge in [-0.1, -0.05) is 17.3 Å². The Morgan fingerprint density at radius 1 is 1.33 bits per heavy atom. The number of hydrogen-bond donors (Lipinski definition) is 1. The number of nitrogens with zero attached hydrogens (tertiary/aromatic N) is 3. The molecule has 0 spiro atoms. The zero-order valence-electron chi connectivity index (χ0n) is 13.4. The van der Waals surface area contributed by atoms with Gasteiger partial charge in [0.15, 0.2) is 5.82 Å². The maximum absolute atomic E-state index is 5.46. The zero-order chi connectivity index (χ0) is 16.1. The van der Waals surface area contributed by atoms with Crippen LogP contribution in [0.25, 0.3) is 11.5 Å². The van der Waals surface area contributed by atoms with Gasteiger partial charge in [0.05, 0.1) is 16.8 Å². The summed E-state index contributed by atoms with van der Waals surface area (Å²) in [6, 6.07) is 8.42. The summed E-state index contributed by atoms with van der Waals surface area (Å²) >= 11 is 3.35. The van der Waals surface area contributed by atoms with Crippen molar-refractivity contribution in [1.29, 1.82) is 0 Å². The lowest BCUT2D eigenvalue weighted by Crippen LogP contribution is -2.24. The van der Waals surface area contributed by atoms with Gasteiger partial charge in [-0.05, 0) is 26.1 Å². The SMILES string of the molecule is CNC(C)Cc1noc(-c2ccccc2SCc2cscn2)n1.Cl. The van der Waals surface area contributed by atoms with Crippen LogP contribution in [0.3, 0.4) is 0 Å². The average Bonchev–Trinajstić information content (AvgIpc) is 3.25. The molecule has 0 fully saturated rings. The van der Waals surface area contributed by atoms with Gasteiger partial charge in [0.2, 0.25) is 0 Å². The molecule has 0 aliphatic carbocycles. The van der Waals surface area contributed by atoms with Gasteiger partial charge in [-0.2, -0.15) is 4.98 Å². The average molecular weight is 383 g/mol. The topological polar surface area (TPSA) is 63.8 Å². The number of aromatic nitrogens is 3. The molecular formula is C16H19ClN4OS2. The summed E-state index contributed by atoms with van der Waals surface area (Å²) in [7, 11) is 1.93. The van der Waals surface area contributed by atoms with E-state index in [1.165, 1.54) is 0 Å². The molecule has 0 saturated heterocycles. The maximum Gasteiger partial charge on any atom is 0.259 e. The van der Waals surface area contributed by atoms with E-state index in [9.17, 15) is 0 Å². The van der Waals surface area contributed by atoms with Crippen LogP contribution in [-0.4, -0.2) is 28.2 Å². The Morgan fingerprint density at radius 3 is 2.92 bits per heavy atom. The molecule has 5 nitrogen and oxygen atoms in total. The molecule has 8 heteroatoms. The van der Waals surface area contributed by atoms with Gasteiger partial charge >= 0.3 is 0 Å². The fourth-order valence-electron chi connectivity index (χ4n) is 2.05. The third-order valence-corrected chi connectivity index (χ3v) is 5.17. The molecule has 24 heavy (non-hydrogen) atoms. The second kappa shape index (κ2) is 9.17. The van der Waals surface area contributed by atoms with E-state index in [2.05, 4.69) is 38.8 Å². The second-order valence-electron chi connectivity index (χ2n) is 5.17. The molecule has 2 heterocycles. The van der Waals surface area contributed by atoms with Crippen LogP contribution in [0.2, 0.25) is 0 Å². The summed E-state index contributed by atoms with van der Waals surface area (Å²) in [6.07, 6.45) is 0.744. The zero-order valence-corrected chi connectivity index (χ0v) is 15.9. The molecule has 0 saturated carbocycles. The predicted octanol–water partition coefficient (Wildman–Crippen LogP) is 4.06. The summed E-state index contributed by atoms with van der Waals surface area (Å²) < 4.78 is 5.46. The van der Waals surface area contributed by atoms with Crippen LogP contribution in [0.15, 0.2) is 44.6 Å². The van der Waals surface area contributed by atoms with Crippen LogP contribution >= 0.6 is 35.5 Å². The lowest BCUT2D eigenvalue weighted by atomic mass is 10.2. The van der Waals surface area contributed by atoms with Crippen LogP contribution in [0.5, 0.6) is 0 Å². The van der Waals surface area contributed by atoms with Crippen molar-refractivity contribution in [2.24, 2.45) is 0 Å². The van der Waals surface area contributed by atoms with Gasteiger partial charge in [0.25, 0.3) is 5.89 Å². The first-order valence-corrected chi connectivity index (χ1v) is 9.28. The first kappa shape index (κ1) is 18.9. The van der Waals surface area contributed by atoms with E-state index in [0.29, 0.717) is 11.9 Å². The molecular weight excluding hydrogens is 364 g/mol. The minimum Gasteiger partial charge on any atom is -0.334 e. The molecule has 0 aliphatic rings. The van der Waals surface area contributed by atoms with Crippen LogP contribution in [-0.2, 0) is 12.2 Å². The minimum atomic E-state index is 0. The highest BCUT2D eigenvalue weighted by Gasteiger charge is 2.14. The Hall–Kier alpha value is -1.41. The Bertz CT molecular complexity index is 748. The predicted molar refractivity (Wildman–Crippen MR) is 101 cm³/mol. The molecule has 1 N–H and O–H groups in total. The number of halogens is 1. The summed E-state index contributed by atoms with van der Waals surface area (Å²) in [5.74, 6) is 2.13. The largest absolute Gasteiger partial charge is 0.334 e. The van der Waals surface area contributed by atoms with E-state index < -0.39 is 0 Å². The highest BCUT2D eigenvalue weighted by molar-refractivity contribution is 7.98. The smallest absolute Gasteiger partial charge is 0.259 e. The van der Waals surface area contributed by atoms with Crippen molar-refractivity contribution in [3.63, 3.8) is 0 Å². The molecule has 2 aromatic heterocycles. The van der Waals surface area contributed by atoms with Crippen molar-refractivity contribution in [2.75, 3.05) is 7.05 Å². The van der Waals surface area contributed by atoms with Gasteiger partial charge in [0, 0.05) is 28.5 Å². The summed E-state index contributed by atoms with van der Waals surface area (Å²) in [5, 5.41) is 9.33. The van der Waals surface area contributed by atoms with E-state index >= 15 is 0 Å². The molecule has 1 atom stereocenters. The molecule has 0 bridgehead atoms. The lowest BCUT2D eigenvalue weighted by molar-refractivity contribution is 0.417. The number of benzene rings is 1. The molecule has 1 unspecified atom stereocenters. The number of rotatable bonds is 7. The van der Waals surface area contributed by atoms with Gasteiger partial charge in [-0.25, -0.2) is 4.98 Å². The van der Waals surface area contributed by atoms with Crippen molar-refractivity contribution in [3.8, 4) is 11.5 Å². The third kappa shape index (κ3) is 4.80. The maximum atomic E-state index is 5.46. The summed E-state index contributed by atoms with van der Waals surface area (Å²) in [5.41, 5.74) is 3.92.